The number of nitrogens with two attached hydrogens (primary N) is 1. The van der Waals surface area contributed by atoms with E-state index in [2.05, 4.69) is 20.1 Å². The molecule has 5 N–H and O–H groups in total. The van der Waals surface area contributed by atoms with Crippen molar-refractivity contribution in [2.75, 3.05) is 20.3 Å². The van der Waals surface area contributed by atoms with Gasteiger partial charge in [0.15, 0.2) is 11.6 Å². The number of nitrogen functional groups attached to an aromatic ring is 1. The summed E-state index contributed by atoms with van der Waals surface area (Å²) < 4.78 is 27.4. The minimum Gasteiger partial charge on any atom is -0.488 e. The average Bonchev–Trinajstić information content (AvgIpc) is 3.31. The monoisotopic (exact) mass is 551 g/mol. The van der Waals surface area contributed by atoms with Crippen LogP contribution in [0.4, 0.5) is 4.39 Å². The lowest BCUT2D eigenvalue weighted by Gasteiger charge is -2.19. The van der Waals surface area contributed by atoms with Gasteiger partial charge in [-0.25, -0.2) is 19.2 Å². The van der Waals surface area contributed by atoms with Crippen LogP contribution in [0.5, 0.6) is 5.75 Å². The fourth-order valence-electron chi connectivity index (χ4n) is 3.80. The van der Waals surface area contributed by atoms with E-state index in [1.165, 1.54) is 19.5 Å². The first-order chi connectivity index (χ1) is 19.1. The Morgan fingerprint density at radius 2 is 1.85 bits per heavy atom. The van der Waals surface area contributed by atoms with E-state index < -0.39 is 23.4 Å². The molecule has 1 atom stereocenters. The van der Waals surface area contributed by atoms with Crippen molar-refractivity contribution in [3.63, 3.8) is 0 Å². The molecule has 0 saturated carbocycles. The van der Waals surface area contributed by atoms with Gasteiger partial charge in [-0.05, 0) is 36.6 Å². The molecule has 0 radical (unpaired) electrons. The Hall–Kier alpha value is -4.91. The van der Waals surface area contributed by atoms with Crippen LogP contribution in [0.1, 0.15) is 40.9 Å². The van der Waals surface area contributed by atoms with E-state index in [4.69, 9.17) is 30.5 Å². The van der Waals surface area contributed by atoms with Crippen molar-refractivity contribution in [3.8, 4) is 11.7 Å². The van der Waals surface area contributed by atoms with E-state index >= 15 is 4.39 Å². The minimum absolute atomic E-state index is 0.0494. The molecular formula is C27H30FN7O5. The van der Waals surface area contributed by atoms with Crippen LogP contribution in [0.2, 0.25) is 0 Å². The molecule has 0 bridgehead atoms. The Labute approximate surface area is 229 Å². The van der Waals surface area contributed by atoms with E-state index in [1.807, 2.05) is 19.1 Å². The Kier molecular flexibility index (Phi) is 10.2. The molecule has 0 fully saturated rings. The van der Waals surface area contributed by atoms with Gasteiger partial charge in [0, 0.05) is 37.6 Å². The molecule has 2 heterocycles. The van der Waals surface area contributed by atoms with Gasteiger partial charge in [-0.2, -0.15) is 0 Å². The zero-order valence-corrected chi connectivity index (χ0v) is 22.2. The summed E-state index contributed by atoms with van der Waals surface area (Å²) in [4.78, 5) is 32.7. The number of aromatic amines is 1. The summed E-state index contributed by atoms with van der Waals surface area (Å²) in [6, 6.07) is 12.0. The number of carboxylic acid groups (broad SMARTS) is 1. The fourth-order valence-corrected chi connectivity index (χ4v) is 3.80. The van der Waals surface area contributed by atoms with Gasteiger partial charge in [-0.3, -0.25) is 15.2 Å². The molecule has 210 valence electrons. The molecule has 2 aromatic carbocycles. The maximum atomic E-state index is 15.8. The minimum atomic E-state index is -0.833. The van der Waals surface area contributed by atoms with E-state index in [9.17, 15) is 4.79 Å². The number of hydrogen-bond donors (Lipinski definition) is 4. The summed E-state index contributed by atoms with van der Waals surface area (Å²) in [5.41, 5.74) is 7.53. The molecule has 4 aromatic rings. The molecule has 0 saturated heterocycles. The van der Waals surface area contributed by atoms with Crippen LogP contribution in [0.25, 0.3) is 5.95 Å². The van der Waals surface area contributed by atoms with Crippen molar-refractivity contribution < 1.29 is 23.8 Å². The van der Waals surface area contributed by atoms with Crippen molar-refractivity contribution in [1.29, 1.82) is 5.41 Å². The number of carboxylic acids is 1. The highest BCUT2D eigenvalue weighted by Gasteiger charge is 2.26. The normalized spacial score (nSPS) is 11.3. The van der Waals surface area contributed by atoms with Crippen molar-refractivity contribution in [2.45, 2.75) is 26.2 Å². The largest absolute Gasteiger partial charge is 0.488 e. The van der Waals surface area contributed by atoms with E-state index in [0.29, 0.717) is 24.2 Å². The second kappa shape index (κ2) is 13.8. The highest BCUT2D eigenvalue weighted by molar-refractivity contribution is 5.94. The number of aryl methyl sites for hydroxylation is 1. The van der Waals surface area contributed by atoms with Crippen LogP contribution in [-0.2, 0) is 16.0 Å². The lowest BCUT2D eigenvalue weighted by molar-refractivity contribution is -0.134. The van der Waals surface area contributed by atoms with Gasteiger partial charge in [-0.15, -0.1) is 9.78 Å². The van der Waals surface area contributed by atoms with Crippen LogP contribution in [0, 0.1) is 18.2 Å². The number of aliphatic carboxylic acids is 1. The number of rotatable bonds is 10. The van der Waals surface area contributed by atoms with Gasteiger partial charge < -0.3 is 20.3 Å². The zero-order valence-electron chi connectivity index (χ0n) is 22.2. The summed E-state index contributed by atoms with van der Waals surface area (Å²) in [6.45, 7) is 3.41. The number of hydrogen-bond acceptors (Lipinski definition) is 8. The van der Waals surface area contributed by atoms with Gasteiger partial charge in [0.05, 0.1) is 12.5 Å². The third-order valence-corrected chi connectivity index (χ3v) is 5.54. The predicted octanol–water partition coefficient (Wildman–Crippen LogP) is 2.57. The van der Waals surface area contributed by atoms with Crippen LogP contribution in [-0.4, -0.2) is 62.0 Å². The highest BCUT2D eigenvalue weighted by Crippen LogP contribution is 2.33. The van der Waals surface area contributed by atoms with Gasteiger partial charge in [0.25, 0.3) is 11.9 Å². The van der Waals surface area contributed by atoms with Crippen LogP contribution in [0.3, 0.4) is 0 Å². The molecule has 13 heteroatoms. The van der Waals surface area contributed by atoms with Crippen molar-refractivity contribution >= 4 is 11.8 Å². The second-order valence-corrected chi connectivity index (χ2v) is 8.67. The van der Waals surface area contributed by atoms with E-state index in [-0.39, 0.29) is 30.0 Å². The predicted molar refractivity (Wildman–Crippen MR) is 145 cm³/mol. The summed E-state index contributed by atoms with van der Waals surface area (Å²) in [5, 5.41) is 19.4. The number of nitrogens with one attached hydrogen (secondary N) is 2. The number of H-pyrrole nitrogens is 1. The SMILES string of the molecule is CC(=O)O.COCCOc1cc(C)cc(C(Cc2ccc(C(=N)N)cc2)c2nn(-c3ncccn3)c(=O)[nH]2)c1F. The number of methoxy groups -OCH3 is 1. The summed E-state index contributed by atoms with van der Waals surface area (Å²) in [7, 11) is 1.54. The number of ether oxygens (including phenoxy) is 2. The van der Waals surface area contributed by atoms with Gasteiger partial charge in [-0.1, -0.05) is 30.3 Å². The summed E-state index contributed by atoms with van der Waals surface area (Å²) in [5.74, 6) is -1.67. The molecule has 40 heavy (non-hydrogen) atoms. The molecule has 0 aliphatic heterocycles. The molecule has 2 aromatic heterocycles. The number of aromatic nitrogens is 5. The number of halogens is 1. The number of benzene rings is 2. The molecule has 0 spiro atoms. The third kappa shape index (κ3) is 7.80. The third-order valence-electron chi connectivity index (χ3n) is 5.54. The summed E-state index contributed by atoms with van der Waals surface area (Å²) >= 11 is 0. The Balaban J connectivity index is 0.00000103. The number of carbonyl (C=O) groups is 1. The van der Waals surface area contributed by atoms with E-state index in [1.54, 1.807) is 30.3 Å². The topological polar surface area (TPSA) is 182 Å². The highest BCUT2D eigenvalue weighted by atomic mass is 19.1. The zero-order chi connectivity index (χ0) is 29.2. The van der Waals surface area contributed by atoms with Crippen LogP contribution < -0.4 is 16.2 Å². The van der Waals surface area contributed by atoms with Gasteiger partial charge in [0.2, 0.25) is 0 Å². The average molecular weight is 552 g/mol. The van der Waals surface area contributed by atoms with Gasteiger partial charge >= 0.3 is 5.69 Å². The van der Waals surface area contributed by atoms with Crippen molar-refractivity contribution in [2.24, 2.45) is 5.73 Å². The quantitative estimate of drug-likeness (QED) is 0.131. The van der Waals surface area contributed by atoms with Crippen LogP contribution in [0.15, 0.2) is 59.7 Å². The van der Waals surface area contributed by atoms with E-state index in [0.717, 1.165) is 22.7 Å². The molecule has 0 aliphatic rings. The Bertz CT molecular complexity index is 1500. The first-order valence-electron chi connectivity index (χ1n) is 12.1. The smallest absolute Gasteiger partial charge is 0.350 e. The standard InChI is InChI=1S/C25H26FN7O3.C2H4O2/c1-15-12-18(21(26)20(13-15)36-11-10-35-2)19(14-16-4-6-17(7-5-16)22(27)28)23-31-25(34)33(32-23)24-29-8-3-9-30-24;1-2(3)4/h3-9,12-13,19H,10-11,14H2,1-2H3,(H3,27,28)(H,31,32,34);1H3,(H,3,4). The molecule has 0 amide bonds. The first-order valence-corrected chi connectivity index (χ1v) is 12.1. The Morgan fingerprint density at radius 1 is 1.20 bits per heavy atom. The molecule has 0 aliphatic carbocycles. The summed E-state index contributed by atoms with van der Waals surface area (Å²) in [6.07, 6.45) is 3.31. The maximum Gasteiger partial charge on any atom is 0.350 e. The Morgan fingerprint density at radius 3 is 2.45 bits per heavy atom. The second-order valence-electron chi connectivity index (χ2n) is 8.67. The molecular weight excluding hydrogens is 521 g/mol. The van der Waals surface area contributed by atoms with Crippen molar-refractivity contribution in [1.82, 2.24) is 24.7 Å². The molecule has 1 unspecified atom stereocenters. The first kappa shape index (κ1) is 29.6. The fraction of sp³-hybridized carbons (Fsp3) is 0.259. The van der Waals surface area contributed by atoms with Gasteiger partial charge in [0.1, 0.15) is 18.3 Å². The number of nitrogens with zero attached hydrogens (tertiary/aromatic N) is 4. The maximum absolute atomic E-state index is 15.8. The van der Waals surface area contributed by atoms with Crippen molar-refractivity contribution in [3.05, 3.63) is 99.2 Å². The lowest BCUT2D eigenvalue weighted by Crippen LogP contribution is -2.18. The molecule has 4 rings (SSSR count). The van der Waals surface area contributed by atoms with Crippen LogP contribution >= 0.6 is 0 Å². The lowest BCUT2D eigenvalue weighted by atomic mass is 9.89. The molecule has 12 nitrogen and oxygen atoms in total. The number of amidine groups is 1.